The second kappa shape index (κ2) is 7.58. The molecular formula is C17H20ClN3O. The van der Waals surface area contributed by atoms with Crippen molar-refractivity contribution in [3.05, 3.63) is 58.9 Å². The first-order chi connectivity index (χ1) is 10.8. The van der Waals surface area contributed by atoms with Crippen molar-refractivity contribution in [3.63, 3.8) is 0 Å². The number of aromatic nitrogens is 1. The van der Waals surface area contributed by atoms with Crippen molar-refractivity contribution in [2.24, 2.45) is 0 Å². The molecule has 0 radical (unpaired) electrons. The summed E-state index contributed by atoms with van der Waals surface area (Å²) in [5, 5.41) is 3.86. The maximum Gasteiger partial charge on any atom is 0.131 e. The number of hydrogen-bond acceptors (Lipinski definition) is 4. The Morgan fingerprint density at radius 2 is 1.82 bits per heavy atom. The van der Waals surface area contributed by atoms with Gasteiger partial charge in [-0.25, -0.2) is 4.98 Å². The summed E-state index contributed by atoms with van der Waals surface area (Å²) in [6.07, 6.45) is 1.70. The quantitative estimate of drug-likeness (QED) is 0.860. The van der Waals surface area contributed by atoms with Crippen LogP contribution in [-0.2, 0) is 17.8 Å². The summed E-state index contributed by atoms with van der Waals surface area (Å²) < 4.78 is 5.38. The lowest BCUT2D eigenvalue weighted by Crippen LogP contribution is -2.35. The molecule has 1 aromatic carbocycles. The van der Waals surface area contributed by atoms with Gasteiger partial charge in [-0.2, -0.15) is 0 Å². The summed E-state index contributed by atoms with van der Waals surface area (Å²) >= 11 is 5.88. The van der Waals surface area contributed by atoms with Gasteiger partial charge in [0.1, 0.15) is 5.15 Å². The van der Waals surface area contributed by atoms with Crippen molar-refractivity contribution in [3.8, 4) is 0 Å². The molecule has 0 amide bonds. The van der Waals surface area contributed by atoms with Gasteiger partial charge in [0, 0.05) is 38.1 Å². The Balaban J connectivity index is 1.52. The molecule has 4 nitrogen and oxygen atoms in total. The minimum atomic E-state index is 0.505. The predicted octanol–water partition coefficient (Wildman–Crippen LogP) is 3.18. The summed E-state index contributed by atoms with van der Waals surface area (Å²) in [6.45, 7) is 5.50. The van der Waals surface area contributed by atoms with E-state index in [2.05, 4.69) is 39.5 Å². The van der Waals surface area contributed by atoms with E-state index in [0.717, 1.165) is 45.1 Å². The molecule has 2 aromatic rings. The topological polar surface area (TPSA) is 37.4 Å². The van der Waals surface area contributed by atoms with Gasteiger partial charge in [0.15, 0.2) is 0 Å². The largest absolute Gasteiger partial charge is 0.381 e. The van der Waals surface area contributed by atoms with E-state index in [1.165, 1.54) is 11.1 Å². The maximum atomic E-state index is 5.88. The zero-order valence-corrected chi connectivity index (χ0v) is 13.2. The number of morpholine rings is 1. The van der Waals surface area contributed by atoms with Crippen LogP contribution in [0.15, 0.2) is 42.6 Å². The molecule has 0 aliphatic carbocycles. The molecule has 0 saturated carbocycles. The Morgan fingerprint density at radius 3 is 2.55 bits per heavy atom. The fourth-order valence-electron chi connectivity index (χ4n) is 2.50. The number of nitrogens with zero attached hydrogens (tertiary/aromatic N) is 2. The van der Waals surface area contributed by atoms with Gasteiger partial charge in [-0.1, -0.05) is 35.9 Å². The van der Waals surface area contributed by atoms with Crippen LogP contribution >= 0.6 is 11.6 Å². The number of pyridine rings is 1. The minimum Gasteiger partial charge on any atom is -0.381 e. The van der Waals surface area contributed by atoms with Crippen LogP contribution in [0.1, 0.15) is 11.1 Å². The van der Waals surface area contributed by atoms with Crippen LogP contribution in [0.5, 0.6) is 0 Å². The van der Waals surface area contributed by atoms with Crippen LogP contribution in [0, 0.1) is 0 Å². The third-order valence-corrected chi connectivity index (χ3v) is 3.96. The number of halogens is 1. The lowest BCUT2D eigenvalue weighted by molar-refractivity contribution is 0.0342. The van der Waals surface area contributed by atoms with Gasteiger partial charge in [0.05, 0.1) is 13.2 Å². The number of ether oxygens (including phenoxy) is 1. The number of anilines is 1. The Hall–Kier alpha value is -1.62. The Labute approximate surface area is 136 Å². The SMILES string of the molecule is Clc1cc(NCc2ccc(CN3CCOCC3)cc2)ccn1. The first-order valence-electron chi connectivity index (χ1n) is 7.53. The minimum absolute atomic E-state index is 0.505. The summed E-state index contributed by atoms with van der Waals surface area (Å²) in [7, 11) is 0. The zero-order chi connectivity index (χ0) is 15.2. The third-order valence-electron chi connectivity index (χ3n) is 3.76. The van der Waals surface area contributed by atoms with Crippen LogP contribution in [-0.4, -0.2) is 36.2 Å². The molecule has 2 heterocycles. The average Bonchev–Trinajstić information content (AvgIpc) is 2.55. The second-order valence-electron chi connectivity index (χ2n) is 5.43. The van der Waals surface area contributed by atoms with E-state index in [1.54, 1.807) is 6.20 Å². The lowest BCUT2D eigenvalue weighted by atomic mass is 10.1. The Kier molecular flexibility index (Phi) is 5.27. The van der Waals surface area contributed by atoms with Gasteiger partial charge in [0.25, 0.3) is 0 Å². The van der Waals surface area contributed by atoms with Gasteiger partial charge in [-0.3, -0.25) is 4.90 Å². The first-order valence-corrected chi connectivity index (χ1v) is 7.91. The molecule has 3 rings (SSSR count). The van der Waals surface area contributed by atoms with Crippen molar-refractivity contribution < 1.29 is 4.74 Å². The molecule has 1 aliphatic heterocycles. The molecule has 1 saturated heterocycles. The van der Waals surface area contributed by atoms with E-state index in [9.17, 15) is 0 Å². The molecule has 0 spiro atoms. The molecule has 1 fully saturated rings. The van der Waals surface area contributed by atoms with Crippen LogP contribution in [0.4, 0.5) is 5.69 Å². The van der Waals surface area contributed by atoms with Gasteiger partial charge in [-0.05, 0) is 23.3 Å². The van der Waals surface area contributed by atoms with E-state index < -0.39 is 0 Å². The first kappa shape index (κ1) is 15.3. The molecule has 1 aliphatic rings. The van der Waals surface area contributed by atoms with Crippen molar-refractivity contribution in [2.45, 2.75) is 13.1 Å². The van der Waals surface area contributed by atoms with Gasteiger partial charge < -0.3 is 10.1 Å². The summed E-state index contributed by atoms with van der Waals surface area (Å²) in [5.74, 6) is 0. The molecule has 0 bridgehead atoms. The highest BCUT2D eigenvalue weighted by Crippen LogP contribution is 2.14. The number of rotatable bonds is 5. The van der Waals surface area contributed by atoms with Crippen molar-refractivity contribution >= 4 is 17.3 Å². The molecular weight excluding hydrogens is 298 g/mol. The summed E-state index contributed by atoms with van der Waals surface area (Å²) in [4.78, 5) is 6.40. The molecule has 1 aromatic heterocycles. The van der Waals surface area contributed by atoms with E-state index in [0.29, 0.717) is 5.15 Å². The lowest BCUT2D eigenvalue weighted by Gasteiger charge is -2.26. The van der Waals surface area contributed by atoms with E-state index >= 15 is 0 Å². The number of nitrogens with one attached hydrogen (secondary N) is 1. The van der Waals surface area contributed by atoms with E-state index in [-0.39, 0.29) is 0 Å². The fraction of sp³-hybridized carbons (Fsp3) is 0.353. The highest BCUT2D eigenvalue weighted by Gasteiger charge is 2.10. The van der Waals surface area contributed by atoms with Gasteiger partial charge >= 0.3 is 0 Å². The van der Waals surface area contributed by atoms with Crippen molar-refractivity contribution in [2.75, 3.05) is 31.6 Å². The standard InChI is InChI=1S/C17H20ClN3O/c18-17-11-16(5-6-19-17)20-12-14-1-3-15(4-2-14)13-21-7-9-22-10-8-21/h1-6,11H,7-10,12-13H2,(H,19,20). The third kappa shape index (κ3) is 4.44. The van der Waals surface area contributed by atoms with Crippen LogP contribution < -0.4 is 5.32 Å². The molecule has 1 N–H and O–H groups in total. The van der Waals surface area contributed by atoms with Crippen LogP contribution in [0.3, 0.4) is 0 Å². The van der Waals surface area contributed by atoms with Gasteiger partial charge in [0.2, 0.25) is 0 Å². The zero-order valence-electron chi connectivity index (χ0n) is 12.5. The average molecular weight is 318 g/mol. The van der Waals surface area contributed by atoms with Gasteiger partial charge in [-0.15, -0.1) is 0 Å². The molecule has 5 heteroatoms. The predicted molar refractivity (Wildman–Crippen MR) is 89.1 cm³/mol. The highest BCUT2D eigenvalue weighted by molar-refractivity contribution is 6.29. The summed E-state index contributed by atoms with van der Waals surface area (Å²) in [6, 6.07) is 12.5. The second-order valence-corrected chi connectivity index (χ2v) is 5.81. The van der Waals surface area contributed by atoms with E-state index in [1.807, 2.05) is 12.1 Å². The van der Waals surface area contributed by atoms with Crippen LogP contribution in [0.25, 0.3) is 0 Å². The smallest absolute Gasteiger partial charge is 0.131 e. The van der Waals surface area contributed by atoms with Crippen molar-refractivity contribution in [1.29, 1.82) is 0 Å². The fourth-order valence-corrected chi connectivity index (χ4v) is 2.67. The highest BCUT2D eigenvalue weighted by atomic mass is 35.5. The Bertz CT molecular complexity index is 597. The monoisotopic (exact) mass is 317 g/mol. The van der Waals surface area contributed by atoms with E-state index in [4.69, 9.17) is 16.3 Å². The maximum absolute atomic E-state index is 5.88. The molecule has 116 valence electrons. The summed E-state index contributed by atoms with van der Waals surface area (Å²) in [5.41, 5.74) is 3.58. The Morgan fingerprint density at radius 1 is 1.09 bits per heavy atom. The molecule has 0 atom stereocenters. The van der Waals surface area contributed by atoms with Crippen molar-refractivity contribution in [1.82, 2.24) is 9.88 Å². The molecule has 0 unspecified atom stereocenters. The number of hydrogen-bond donors (Lipinski definition) is 1. The normalized spacial score (nSPS) is 15.7. The molecule has 22 heavy (non-hydrogen) atoms. The number of benzene rings is 1. The van der Waals surface area contributed by atoms with Crippen LogP contribution in [0.2, 0.25) is 5.15 Å².